The maximum Gasteiger partial charge on any atom is 0.162 e. The van der Waals surface area contributed by atoms with Gasteiger partial charge in [-0.15, -0.1) is 0 Å². The summed E-state index contributed by atoms with van der Waals surface area (Å²) in [5, 5.41) is 6.89. The maximum absolute atomic E-state index is 5.56. The van der Waals surface area contributed by atoms with Crippen LogP contribution in [-0.2, 0) is 0 Å². The molecule has 154 valence electrons. The van der Waals surface area contributed by atoms with Crippen LogP contribution in [0.4, 0.5) is 0 Å². The summed E-state index contributed by atoms with van der Waals surface area (Å²) in [6.45, 7) is 0. The highest BCUT2D eigenvalue weighted by Crippen LogP contribution is 2.38. The first-order valence-electron chi connectivity index (χ1n) is 9.87. The number of rotatable bonds is 5. The Balaban J connectivity index is 1.86. The lowest BCUT2D eigenvalue weighted by Gasteiger charge is -2.10. The lowest BCUT2D eigenvalue weighted by Crippen LogP contribution is -1.98. The molecular formula is C25H21N3O3. The molecule has 3 aromatic carbocycles. The number of ether oxygens (including phenoxy) is 3. The van der Waals surface area contributed by atoms with Crippen LogP contribution in [-0.4, -0.2) is 36.1 Å². The Morgan fingerprint density at radius 2 is 1.45 bits per heavy atom. The number of nitrogens with zero attached hydrogens (tertiary/aromatic N) is 3. The van der Waals surface area contributed by atoms with E-state index in [1.54, 1.807) is 21.3 Å². The van der Waals surface area contributed by atoms with Gasteiger partial charge in [-0.25, -0.2) is 4.68 Å². The van der Waals surface area contributed by atoms with Gasteiger partial charge in [-0.1, -0.05) is 18.2 Å². The second kappa shape index (κ2) is 7.65. The van der Waals surface area contributed by atoms with E-state index in [2.05, 4.69) is 0 Å². The summed E-state index contributed by atoms with van der Waals surface area (Å²) in [6.07, 6.45) is 1.87. The molecule has 0 amide bonds. The fourth-order valence-electron chi connectivity index (χ4n) is 3.83. The third-order valence-electron chi connectivity index (χ3n) is 5.38. The zero-order valence-corrected chi connectivity index (χ0v) is 17.5. The third kappa shape index (κ3) is 3.13. The zero-order chi connectivity index (χ0) is 21.4. The van der Waals surface area contributed by atoms with Crippen molar-refractivity contribution in [3.63, 3.8) is 0 Å². The van der Waals surface area contributed by atoms with Gasteiger partial charge in [0.25, 0.3) is 0 Å². The van der Waals surface area contributed by atoms with Crippen LogP contribution in [0.5, 0.6) is 17.2 Å². The number of methoxy groups -OCH3 is 3. The maximum atomic E-state index is 5.56. The largest absolute Gasteiger partial charge is 0.497 e. The van der Waals surface area contributed by atoms with Gasteiger partial charge in [-0.3, -0.25) is 4.98 Å². The van der Waals surface area contributed by atoms with Crippen molar-refractivity contribution in [2.75, 3.05) is 21.3 Å². The van der Waals surface area contributed by atoms with E-state index in [4.69, 9.17) is 24.3 Å². The van der Waals surface area contributed by atoms with Gasteiger partial charge in [0.05, 0.1) is 38.1 Å². The van der Waals surface area contributed by atoms with Gasteiger partial charge in [-0.05, 0) is 42.5 Å². The molecule has 5 rings (SSSR count). The van der Waals surface area contributed by atoms with E-state index in [1.165, 1.54) is 0 Å². The molecule has 5 aromatic rings. The van der Waals surface area contributed by atoms with Crippen LogP contribution in [0, 0.1) is 0 Å². The Labute approximate surface area is 179 Å². The number of benzene rings is 3. The summed E-state index contributed by atoms with van der Waals surface area (Å²) in [5.41, 5.74) is 4.58. The topological polar surface area (TPSA) is 58.4 Å². The molecule has 0 radical (unpaired) electrons. The number of aromatic nitrogens is 3. The molecule has 0 aliphatic heterocycles. The highest BCUT2D eigenvalue weighted by Gasteiger charge is 2.19. The average molecular weight is 411 g/mol. The van der Waals surface area contributed by atoms with Crippen molar-refractivity contribution in [2.24, 2.45) is 0 Å². The van der Waals surface area contributed by atoms with Crippen LogP contribution in [0.25, 0.3) is 38.8 Å². The molecule has 0 fully saturated rings. The minimum atomic E-state index is 0.642. The summed E-state index contributed by atoms with van der Waals surface area (Å²) in [7, 11) is 4.92. The Bertz CT molecular complexity index is 1380. The monoisotopic (exact) mass is 411 g/mol. The van der Waals surface area contributed by atoms with Crippen molar-refractivity contribution in [1.29, 1.82) is 0 Å². The van der Waals surface area contributed by atoms with Crippen LogP contribution < -0.4 is 14.2 Å². The average Bonchev–Trinajstić information content (AvgIpc) is 3.23. The van der Waals surface area contributed by atoms with Gasteiger partial charge >= 0.3 is 0 Å². The van der Waals surface area contributed by atoms with Gasteiger partial charge in [-0.2, -0.15) is 5.10 Å². The lowest BCUT2D eigenvalue weighted by atomic mass is 10.1. The molecule has 6 heteroatoms. The summed E-state index contributed by atoms with van der Waals surface area (Å²) >= 11 is 0. The van der Waals surface area contributed by atoms with Gasteiger partial charge in [0.1, 0.15) is 11.4 Å². The smallest absolute Gasteiger partial charge is 0.162 e. The minimum absolute atomic E-state index is 0.642. The van der Waals surface area contributed by atoms with E-state index in [1.807, 2.05) is 77.6 Å². The van der Waals surface area contributed by atoms with Crippen LogP contribution in [0.15, 0.2) is 72.9 Å². The van der Waals surface area contributed by atoms with Crippen molar-refractivity contribution >= 4 is 21.8 Å². The van der Waals surface area contributed by atoms with Gasteiger partial charge in [0.15, 0.2) is 11.5 Å². The molecule has 0 aliphatic carbocycles. The van der Waals surface area contributed by atoms with Crippen molar-refractivity contribution in [3.8, 4) is 34.2 Å². The fourth-order valence-corrected chi connectivity index (χ4v) is 3.83. The third-order valence-corrected chi connectivity index (χ3v) is 5.38. The van der Waals surface area contributed by atoms with E-state index in [0.29, 0.717) is 11.5 Å². The zero-order valence-electron chi connectivity index (χ0n) is 17.5. The number of fused-ring (bicyclic) bond motifs is 3. The Morgan fingerprint density at radius 1 is 0.742 bits per heavy atom. The van der Waals surface area contributed by atoms with E-state index in [0.717, 1.165) is 44.5 Å². The lowest BCUT2D eigenvalue weighted by molar-refractivity contribution is 0.356. The molecular weight excluding hydrogens is 390 g/mol. The predicted molar refractivity (Wildman–Crippen MR) is 121 cm³/mol. The summed E-state index contributed by atoms with van der Waals surface area (Å²) in [5.74, 6) is 2.09. The Hall–Kier alpha value is -4.06. The molecule has 0 N–H and O–H groups in total. The Kier molecular flexibility index (Phi) is 4.67. The number of hydrogen-bond acceptors (Lipinski definition) is 5. The molecule has 0 saturated heterocycles. The van der Waals surface area contributed by atoms with E-state index in [-0.39, 0.29) is 0 Å². The quantitative estimate of drug-likeness (QED) is 0.394. The van der Waals surface area contributed by atoms with Crippen molar-refractivity contribution in [2.45, 2.75) is 0 Å². The fraction of sp³-hybridized carbons (Fsp3) is 0.120. The highest BCUT2D eigenvalue weighted by atomic mass is 16.5. The molecule has 0 atom stereocenters. The van der Waals surface area contributed by atoms with E-state index < -0.39 is 0 Å². The predicted octanol–water partition coefficient (Wildman–Crippen LogP) is 5.27. The highest BCUT2D eigenvalue weighted by molar-refractivity contribution is 6.09. The molecule has 6 nitrogen and oxygen atoms in total. The van der Waals surface area contributed by atoms with Crippen molar-refractivity contribution in [1.82, 2.24) is 14.8 Å². The first-order valence-corrected chi connectivity index (χ1v) is 9.87. The molecule has 0 aliphatic rings. The van der Waals surface area contributed by atoms with Gasteiger partial charge < -0.3 is 14.2 Å². The molecule has 2 aromatic heterocycles. The second-order valence-corrected chi connectivity index (χ2v) is 7.07. The SMILES string of the molecule is COc1ccc(-c2nn(-c3ccccc3)c3c2cnc2cc(OC)c(OC)cc23)cc1. The molecule has 0 unspecified atom stereocenters. The number of hydrogen-bond donors (Lipinski definition) is 0. The van der Waals surface area contributed by atoms with Crippen LogP contribution in [0.2, 0.25) is 0 Å². The van der Waals surface area contributed by atoms with Gasteiger partial charge in [0, 0.05) is 28.6 Å². The number of pyridine rings is 1. The standard InChI is InChI=1S/C25H21N3O3/c1-29-18-11-9-16(10-12-18)24-20-15-26-21-14-23(31-3)22(30-2)13-19(21)25(20)28(27-24)17-7-5-4-6-8-17/h4-15H,1-3H3. The van der Waals surface area contributed by atoms with Crippen molar-refractivity contribution in [3.05, 3.63) is 72.9 Å². The molecule has 2 heterocycles. The minimum Gasteiger partial charge on any atom is -0.497 e. The normalized spacial score (nSPS) is 11.1. The van der Waals surface area contributed by atoms with Crippen LogP contribution in [0.3, 0.4) is 0 Å². The number of para-hydroxylation sites is 1. The summed E-state index contributed by atoms with van der Waals surface area (Å²) in [4.78, 5) is 4.71. The second-order valence-electron chi connectivity index (χ2n) is 7.07. The first-order chi connectivity index (χ1) is 15.2. The molecule has 31 heavy (non-hydrogen) atoms. The van der Waals surface area contributed by atoms with Gasteiger partial charge in [0.2, 0.25) is 0 Å². The van der Waals surface area contributed by atoms with Crippen LogP contribution >= 0.6 is 0 Å². The summed E-state index contributed by atoms with van der Waals surface area (Å²) < 4.78 is 18.3. The molecule has 0 bridgehead atoms. The first kappa shape index (κ1) is 18.9. The van der Waals surface area contributed by atoms with Crippen LogP contribution in [0.1, 0.15) is 0 Å². The molecule has 0 saturated carbocycles. The Morgan fingerprint density at radius 3 is 2.13 bits per heavy atom. The summed E-state index contributed by atoms with van der Waals surface area (Å²) in [6, 6.07) is 21.8. The van der Waals surface area contributed by atoms with Crippen molar-refractivity contribution < 1.29 is 14.2 Å². The molecule has 0 spiro atoms. The van der Waals surface area contributed by atoms with E-state index in [9.17, 15) is 0 Å². The van der Waals surface area contributed by atoms with E-state index >= 15 is 0 Å².